The molecular weight excluding hydrogens is 330 g/mol. The van der Waals surface area contributed by atoms with E-state index in [0.717, 1.165) is 4.90 Å². The van der Waals surface area contributed by atoms with Crippen LogP contribution in [0.15, 0.2) is 52.3 Å². The summed E-state index contributed by atoms with van der Waals surface area (Å²) >= 11 is 7.40. The quantitative estimate of drug-likeness (QED) is 0.817. The lowest BCUT2D eigenvalue weighted by molar-refractivity contribution is 0.282. The van der Waals surface area contributed by atoms with Crippen LogP contribution in [-0.4, -0.2) is 19.8 Å². The van der Waals surface area contributed by atoms with Crippen LogP contribution >= 0.6 is 23.4 Å². The molecule has 0 saturated carbocycles. The van der Waals surface area contributed by atoms with E-state index in [1.54, 1.807) is 12.1 Å². The van der Waals surface area contributed by atoms with Crippen molar-refractivity contribution in [1.29, 1.82) is 0 Å². The highest BCUT2D eigenvalue weighted by Gasteiger charge is 2.17. The molecule has 0 heterocycles. The summed E-state index contributed by atoms with van der Waals surface area (Å²) in [6.07, 6.45) is 1.88. The molecule has 0 bridgehead atoms. The second-order valence-corrected chi connectivity index (χ2v) is 7.15. The lowest BCUT2D eigenvalue weighted by atomic mass is 10.2. The highest BCUT2D eigenvalue weighted by atomic mass is 35.5. The number of rotatable bonds is 5. The van der Waals surface area contributed by atoms with Gasteiger partial charge in [0, 0.05) is 9.92 Å². The number of hydrogen-bond donors (Lipinski definition) is 2. The zero-order chi connectivity index (χ0) is 15.5. The first-order valence-electron chi connectivity index (χ1n) is 6.03. The summed E-state index contributed by atoms with van der Waals surface area (Å²) in [4.78, 5) is 0.889. The van der Waals surface area contributed by atoms with Crippen molar-refractivity contribution in [2.45, 2.75) is 16.4 Å². The number of aliphatic hydroxyl groups excluding tert-OH is 1. The molecule has 0 amide bonds. The van der Waals surface area contributed by atoms with Crippen LogP contribution < -0.4 is 4.72 Å². The molecule has 2 rings (SSSR count). The van der Waals surface area contributed by atoms with E-state index in [1.165, 1.54) is 30.0 Å². The Bertz CT molecular complexity index is 748. The minimum Gasteiger partial charge on any atom is -0.392 e. The lowest BCUT2D eigenvalue weighted by Gasteiger charge is -2.12. The van der Waals surface area contributed by atoms with Crippen molar-refractivity contribution in [3.63, 3.8) is 0 Å². The Morgan fingerprint density at radius 2 is 1.95 bits per heavy atom. The summed E-state index contributed by atoms with van der Waals surface area (Å²) in [6.45, 7) is -0.234. The minimum atomic E-state index is -3.72. The number of para-hydroxylation sites is 1. The number of anilines is 1. The highest BCUT2D eigenvalue weighted by molar-refractivity contribution is 7.99. The van der Waals surface area contributed by atoms with Crippen molar-refractivity contribution in [2.75, 3.05) is 11.0 Å². The van der Waals surface area contributed by atoms with E-state index in [4.69, 9.17) is 16.7 Å². The van der Waals surface area contributed by atoms with E-state index in [1.807, 2.05) is 18.4 Å². The van der Waals surface area contributed by atoms with Gasteiger partial charge < -0.3 is 5.11 Å². The van der Waals surface area contributed by atoms with Crippen LogP contribution in [0.1, 0.15) is 5.56 Å². The number of hydrogen-bond acceptors (Lipinski definition) is 4. The zero-order valence-corrected chi connectivity index (χ0v) is 13.6. The van der Waals surface area contributed by atoms with Crippen molar-refractivity contribution < 1.29 is 13.5 Å². The summed E-state index contributed by atoms with van der Waals surface area (Å²) < 4.78 is 27.3. The van der Waals surface area contributed by atoms with Gasteiger partial charge in [0.05, 0.1) is 17.2 Å². The van der Waals surface area contributed by atoms with E-state index in [-0.39, 0.29) is 16.5 Å². The van der Waals surface area contributed by atoms with Gasteiger partial charge in [-0.1, -0.05) is 29.8 Å². The van der Waals surface area contributed by atoms with E-state index >= 15 is 0 Å². The summed E-state index contributed by atoms with van der Waals surface area (Å²) in [7, 11) is -3.72. The Labute approximate surface area is 133 Å². The maximum atomic E-state index is 12.4. The van der Waals surface area contributed by atoms with Crippen LogP contribution in [0.2, 0.25) is 5.02 Å². The Balaban J connectivity index is 2.36. The van der Waals surface area contributed by atoms with Gasteiger partial charge in [-0.05, 0) is 36.1 Å². The minimum absolute atomic E-state index is 0.0561. The molecule has 0 saturated heterocycles. The maximum absolute atomic E-state index is 12.4. The van der Waals surface area contributed by atoms with Gasteiger partial charge in [0.25, 0.3) is 10.0 Å². The van der Waals surface area contributed by atoms with Gasteiger partial charge >= 0.3 is 0 Å². The summed E-state index contributed by atoms with van der Waals surface area (Å²) in [6, 6.07) is 11.4. The van der Waals surface area contributed by atoms with Gasteiger partial charge in [-0.25, -0.2) is 8.42 Å². The van der Waals surface area contributed by atoms with Crippen LogP contribution in [0, 0.1) is 0 Å². The molecular formula is C14H14ClNO3S2. The van der Waals surface area contributed by atoms with Gasteiger partial charge in [0.2, 0.25) is 0 Å². The molecule has 2 aromatic carbocycles. The Morgan fingerprint density at radius 1 is 1.24 bits per heavy atom. The molecule has 2 N–H and O–H groups in total. The zero-order valence-electron chi connectivity index (χ0n) is 11.2. The number of aliphatic hydroxyl groups is 1. The molecule has 0 unspecified atom stereocenters. The van der Waals surface area contributed by atoms with Crippen LogP contribution in [0.3, 0.4) is 0 Å². The molecule has 21 heavy (non-hydrogen) atoms. The van der Waals surface area contributed by atoms with Crippen LogP contribution in [0.5, 0.6) is 0 Å². The third kappa shape index (κ3) is 3.71. The second-order valence-electron chi connectivity index (χ2n) is 4.22. The second kappa shape index (κ2) is 6.70. The van der Waals surface area contributed by atoms with Gasteiger partial charge in [0.15, 0.2) is 0 Å². The van der Waals surface area contributed by atoms with Crippen molar-refractivity contribution in [2.24, 2.45) is 0 Å². The molecule has 7 heteroatoms. The number of thioether (sulfide) groups is 1. The summed E-state index contributed by atoms with van der Waals surface area (Å²) in [5, 5.41) is 9.28. The van der Waals surface area contributed by atoms with Gasteiger partial charge in [0.1, 0.15) is 0 Å². The van der Waals surface area contributed by atoms with Crippen LogP contribution in [0.25, 0.3) is 0 Å². The van der Waals surface area contributed by atoms with Crippen LogP contribution in [0.4, 0.5) is 5.69 Å². The average molecular weight is 344 g/mol. The SMILES string of the molecule is CSc1ccccc1NS(=O)(=O)c1ccc(CO)c(Cl)c1. The molecule has 0 spiro atoms. The van der Waals surface area contributed by atoms with Crippen molar-refractivity contribution in [1.82, 2.24) is 0 Å². The fourth-order valence-electron chi connectivity index (χ4n) is 1.76. The lowest BCUT2D eigenvalue weighted by Crippen LogP contribution is -2.13. The molecule has 0 atom stereocenters. The largest absolute Gasteiger partial charge is 0.392 e. The number of halogens is 1. The maximum Gasteiger partial charge on any atom is 0.261 e. The molecule has 0 aromatic heterocycles. The van der Waals surface area contributed by atoms with Gasteiger partial charge in [-0.15, -0.1) is 11.8 Å². The Kier molecular flexibility index (Phi) is 5.16. The highest BCUT2D eigenvalue weighted by Crippen LogP contribution is 2.28. The topological polar surface area (TPSA) is 66.4 Å². The molecule has 0 fully saturated rings. The Morgan fingerprint density at radius 3 is 2.57 bits per heavy atom. The first-order valence-corrected chi connectivity index (χ1v) is 9.11. The molecule has 0 aliphatic rings. The molecule has 2 aromatic rings. The van der Waals surface area contributed by atoms with Crippen molar-refractivity contribution in [3.05, 3.63) is 53.1 Å². The molecule has 4 nitrogen and oxygen atoms in total. The number of sulfonamides is 1. The Hall–Kier alpha value is -1.21. The van der Waals surface area contributed by atoms with Gasteiger partial charge in [-0.3, -0.25) is 4.72 Å². The predicted molar refractivity (Wildman–Crippen MR) is 86.4 cm³/mol. The van der Waals surface area contributed by atoms with E-state index in [9.17, 15) is 8.42 Å². The van der Waals surface area contributed by atoms with E-state index in [0.29, 0.717) is 11.3 Å². The fourth-order valence-corrected chi connectivity index (χ4v) is 3.78. The normalized spacial score (nSPS) is 11.4. The van der Waals surface area contributed by atoms with Gasteiger partial charge in [-0.2, -0.15) is 0 Å². The fraction of sp³-hybridized carbons (Fsp3) is 0.143. The molecule has 0 radical (unpaired) electrons. The number of nitrogens with one attached hydrogen (secondary N) is 1. The van der Waals surface area contributed by atoms with Crippen molar-refractivity contribution in [3.8, 4) is 0 Å². The number of benzene rings is 2. The average Bonchev–Trinajstić information content (AvgIpc) is 2.47. The van der Waals surface area contributed by atoms with Crippen molar-refractivity contribution >= 4 is 39.1 Å². The van der Waals surface area contributed by atoms with Crippen LogP contribution in [-0.2, 0) is 16.6 Å². The standard InChI is InChI=1S/C14H14ClNO3S2/c1-20-14-5-3-2-4-13(14)16-21(18,19)11-7-6-10(9-17)12(15)8-11/h2-8,16-17H,9H2,1H3. The molecule has 0 aliphatic carbocycles. The summed E-state index contributed by atoms with van der Waals surface area (Å²) in [5.41, 5.74) is 1.01. The summed E-state index contributed by atoms with van der Waals surface area (Å²) in [5.74, 6) is 0. The smallest absolute Gasteiger partial charge is 0.261 e. The monoisotopic (exact) mass is 343 g/mol. The van der Waals surface area contributed by atoms with E-state index < -0.39 is 10.0 Å². The molecule has 112 valence electrons. The third-order valence-electron chi connectivity index (χ3n) is 2.86. The predicted octanol–water partition coefficient (Wildman–Crippen LogP) is 3.36. The van der Waals surface area contributed by atoms with E-state index in [2.05, 4.69) is 4.72 Å². The first-order chi connectivity index (χ1) is 9.97. The molecule has 0 aliphatic heterocycles. The first kappa shape index (κ1) is 16.2. The third-order valence-corrected chi connectivity index (χ3v) is 5.37.